The van der Waals surface area contributed by atoms with Gasteiger partial charge in [-0.15, -0.1) is 10.1 Å². The molecule has 2 heterocycles. The standard InChI is InChI=1S/C34H52N4O15/c1-33(2,3)50-31(46)22(8-14-29(44)52-37-25(40)10-11-26(37)41)35-17-7-18-48-20-21-49-19-16-24(39)36-23(32(47)51-34(4,5)6)9-15-30(45)53-38-27(42)12-13-28(38)43/h22-23,35H,7-21H2,1-6H3,(H,36,39)/t22-,23-/m0/s1. The summed E-state index contributed by atoms with van der Waals surface area (Å²) in [6.07, 6.45) is -0.656. The van der Waals surface area contributed by atoms with E-state index in [2.05, 4.69) is 10.6 Å². The van der Waals surface area contributed by atoms with Crippen molar-refractivity contribution in [1.29, 1.82) is 0 Å². The highest BCUT2D eigenvalue weighted by atomic mass is 16.7. The van der Waals surface area contributed by atoms with Crippen molar-refractivity contribution in [2.75, 3.05) is 33.0 Å². The Hall–Kier alpha value is -4.49. The number of amides is 5. The largest absolute Gasteiger partial charge is 0.459 e. The van der Waals surface area contributed by atoms with E-state index in [4.69, 9.17) is 28.6 Å². The quantitative estimate of drug-likeness (QED) is 0.0878. The Labute approximate surface area is 307 Å². The van der Waals surface area contributed by atoms with E-state index in [-0.39, 0.29) is 77.6 Å². The maximum absolute atomic E-state index is 12.7. The van der Waals surface area contributed by atoms with Crippen molar-refractivity contribution in [2.45, 2.75) is 129 Å². The molecule has 2 N–H and O–H groups in total. The van der Waals surface area contributed by atoms with Crippen molar-refractivity contribution in [3.8, 4) is 0 Å². The first-order valence-electron chi connectivity index (χ1n) is 17.5. The molecule has 2 atom stereocenters. The lowest BCUT2D eigenvalue weighted by Gasteiger charge is -2.24. The maximum atomic E-state index is 12.7. The zero-order valence-corrected chi connectivity index (χ0v) is 31.3. The van der Waals surface area contributed by atoms with Crippen LogP contribution in [-0.2, 0) is 71.8 Å². The van der Waals surface area contributed by atoms with Gasteiger partial charge in [-0.3, -0.25) is 28.8 Å². The molecule has 2 saturated heterocycles. The van der Waals surface area contributed by atoms with Crippen LogP contribution >= 0.6 is 0 Å². The zero-order chi connectivity index (χ0) is 39.8. The van der Waals surface area contributed by atoms with Crippen LogP contribution in [0.4, 0.5) is 0 Å². The molecular weight excluding hydrogens is 704 g/mol. The third kappa shape index (κ3) is 17.7. The van der Waals surface area contributed by atoms with Crippen molar-refractivity contribution in [3.63, 3.8) is 0 Å². The number of nitrogens with one attached hydrogen (secondary N) is 2. The Morgan fingerprint density at radius 2 is 1.02 bits per heavy atom. The van der Waals surface area contributed by atoms with Crippen LogP contribution in [0.5, 0.6) is 0 Å². The SMILES string of the molecule is CC(C)(C)OC(=O)[C@H](CCC(=O)ON1C(=O)CCC1=O)NCCCOCCOCCC(=O)N[C@@H](CCC(=O)ON1C(=O)CCC1=O)C(=O)OC(C)(C)C. The molecule has 53 heavy (non-hydrogen) atoms. The Bertz CT molecular complexity index is 1320. The van der Waals surface area contributed by atoms with E-state index < -0.39 is 76.7 Å². The number of hydrogen-bond acceptors (Lipinski definition) is 16. The second kappa shape index (κ2) is 21.3. The molecule has 0 aromatic heterocycles. The van der Waals surface area contributed by atoms with Crippen molar-refractivity contribution in [2.24, 2.45) is 0 Å². The molecule has 2 aliphatic heterocycles. The number of esters is 2. The number of carbonyl (C=O) groups excluding carboxylic acids is 9. The van der Waals surface area contributed by atoms with Gasteiger partial charge in [-0.2, -0.15) is 0 Å². The number of hydrogen-bond donors (Lipinski definition) is 2. The van der Waals surface area contributed by atoms with Gasteiger partial charge in [0, 0.05) is 38.7 Å². The fourth-order valence-corrected chi connectivity index (χ4v) is 4.64. The molecule has 0 aliphatic carbocycles. The average Bonchev–Trinajstić information content (AvgIpc) is 3.53. The minimum atomic E-state index is -1.20. The van der Waals surface area contributed by atoms with Gasteiger partial charge in [0.1, 0.15) is 23.3 Å². The van der Waals surface area contributed by atoms with Gasteiger partial charge in [0.2, 0.25) is 5.91 Å². The van der Waals surface area contributed by atoms with Gasteiger partial charge in [-0.05, 0) is 67.3 Å². The Morgan fingerprint density at radius 1 is 0.604 bits per heavy atom. The van der Waals surface area contributed by atoms with Crippen LogP contribution < -0.4 is 10.6 Å². The number of hydroxylamine groups is 4. The number of rotatable bonds is 22. The van der Waals surface area contributed by atoms with E-state index in [0.717, 1.165) is 0 Å². The van der Waals surface area contributed by atoms with E-state index in [9.17, 15) is 43.2 Å². The van der Waals surface area contributed by atoms with Gasteiger partial charge < -0.3 is 39.3 Å². The molecular formula is C34H52N4O15. The molecule has 19 heteroatoms. The summed E-state index contributed by atoms with van der Waals surface area (Å²) in [5, 5.41) is 6.41. The number of carbonyl (C=O) groups is 9. The molecule has 298 valence electrons. The summed E-state index contributed by atoms with van der Waals surface area (Å²) < 4.78 is 21.8. The lowest BCUT2D eigenvalue weighted by molar-refractivity contribution is -0.197. The minimum absolute atomic E-state index is 0.000368. The van der Waals surface area contributed by atoms with Crippen LogP contribution in [0.2, 0.25) is 0 Å². The summed E-state index contributed by atoms with van der Waals surface area (Å²) in [6, 6.07) is -2.07. The Kier molecular flexibility index (Phi) is 17.9. The molecule has 0 bridgehead atoms. The van der Waals surface area contributed by atoms with E-state index in [1.54, 1.807) is 41.5 Å². The smallest absolute Gasteiger partial charge is 0.333 e. The maximum Gasteiger partial charge on any atom is 0.333 e. The van der Waals surface area contributed by atoms with Gasteiger partial charge in [0.25, 0.3) is 23.6 Å². The van der Waals surface area contributed by atoms with E-state index in [1.807, 2.05) is 0 Å². The number of imide groups is 2. The van der Waals surface area contributed by atoms with Gasteiger partial charge in [-0.1, -0.05) is 0 Å². The summed E-state index contributed by atoms with van der Waals surface area (Å²) in [7, 11) is 0. The van der Waals surface area contributed by atoms with E-state index in [1.165, 1.54) is 0 Å². The summed E-state index contributed by atoms with van der Waals surface area (Å²) in [5.74, 6) is -6.13. The highest BCUT2D eigenvalue weighted by Crippen LogP contribution is 2.17. The molecule has 2 rings (SSSR count). The molecule has 0 saturated carbocycles. The average molecular weight is 757 g/mol. The summed E-state index contributed by atoms with van der Waals surface area (Å²) in [4.78, 5) is 119. The highest BCUT2D eigenvalue weighted by molar-refractivity contribution is 6.02. The predicted molar refractivity (Wildman–Crippen MR) is 179 cm³/mol. The van der Waals surface area contributed by atoms with Gasteiger partial charge in [0.15, 0.2) is 0 Å². The molecule has 19 nitrogen and oxygen atoms in total. The molecule has 0 radical (unpaired) electrons. The first kappa shape index (κ1) is 44.7. The minimum Gasteiger partial charge on any atom is -0.459 e. The fourth-order valence-electron chi connectivity index (χ4n) is 4.64. The van der Waals surface area contributed by atoms with Crippen molar-refractivity contribution in [1.82, 2.24) is 20.8 Å². The van der Waals surface area contributed by atoms with Gasteiger partial charge in [-0.25, -0.2) is 14.4 Å². The third-order valence-corrected chi connectivity index (χ3v) is 7.09. The molecule has 0 unspecified atom stereocenters. The fraction of sp³-hybridized carbons (Fsp3) is 0.735. The molecule has 5 amide bonds. The van der Waals surface area contributed by atoms with Crippen LogP contribution in [0.15, 0.2) is 0 Å². The monoisotopic (exact) mass is 756 g/mol. The summed E-state index contributed by atoms with van der Waals surface area (Å²) >= 11 is 0. The van der Waals surface area contributed by atoms with Crippen LogP contribution in [-0.4, -0.2) is 120 Å². The Balaban J connectivity index is 1.68. The normalized spacial score (nSPS) is 16.0. The van der Waals surface area contributed by atoms with Crippen LogP contribution in [0, 0.1) is 0 Å². The highest BCUT2D eigenvalue weighted by Gasteiger charge is 2.35. The van der Waals surface area contributed by atoms with Crippen LogP contribution in [0.3, 0.4) is 0 Å². The second-order valence-electron chi connectivity index (χ2n) is 14.2. The molecule has 0 aromatic rings. The van der Waals surface area contributed by atoms with Crippen LogP contribution in [0.1, 0.15) is 106 Å². The van der Waals surface area contributed by atoms with Gasteiger partial charge >= 0.3 is 23.9 Å². The molecule has 2 aliphatic rings. The second-order valence-corrected chi connectivity index (χ2v) is 14.2. The number of nitrogens with zero attached hydrogens (tertiary/aromatic N) is 2. The van der Waals surface area contributed by atoms with Crippen LogP contribution in [0.25, 0.3) is 0 Å². The lowest BCUT2D eigenvalue weighted by atomic mass is 10.1. The van der Waals surface area contributed by atoms with Gasteiger partial charge in [0.05, 0.1) is 32.7 Å². The van der Waals surface area contributed by atoms with E-state index >= 15 is 0 Å². The molecule has 2 fully saturated rings. The first-order valence-corrected chi connectivity index (χ1v) is 17.5. The summed E-state index contributed by atoms with van der Waals surface area (Å²) in [6.45, 7) is 11.0. The third-order valence-electron chi connectivity index (χ3n) is 7.09. The van der Waals surface area contributed by atoms with Crippen molar-refractivity contribution < 1.29 is 71.8 Å². The molecule has 0 spiro atoms. The lowest BCUT2D eigenvalue weighted by Crippen LogP contribution is -2.45. The zero-order valence-electron chi connectivity index (χ0n) is 31.3. The Morgan fingerprint density at radius 3 is 1.47 bits per heavy atom. The van der Waals surface area contributed by atoms with E-state index in [0.29, 0.717) is 29.7 Å². The van der Waals surface area contributed by atoms with Crippen molar-refractivity contribution in [3.05, 3.63) is 0 Å². The molecule has 0 aromatic carbocycles. The summed E-state index contributed by atoms with van der Waals surface area (Å²) in [5.41, 5.74) is -1.64. The predicted octanol–water partition coefficient (Wildman–Crippen LogP) is 0.701. The topological polar surface area (TPSA) is 240 Å². The first-order chi connectivity index (χ1) is 24.8. The van der Waals surface area contributed by atoms with Crippen molar-refractivity contribution >= 4 is 53.4 Å². The number of ether oxygens (including phenoxy) is 4.